The number of benzene rings is 1. The molecule has 6 rings (SSSR count). The van der Waals surface area contributed by atoms with Crippen molar-refractivity contribution in [3.63, 3.8) is 0 Å². The third kappa shape index (κ3) is 5.48. The lowest BCUT2D eigenvalue weighted by Gasteiger charge is -2.26. The highest BCUT2D eigenvalue weighted by atomic mass is 35.5. The van der Waals surface area contributed by atoms with Gasteiger partial charge < -0.3 is 9.32 Å². The van der Waals surface area contributed by atoms with Crippen molar-refractivity contribution in [1.82, 2.24) is 19.6 Å². The van der Waals surface area contributed by atoms with Crippen LogP contribution in [0.4, 0.5) is 4.39 Å². The predicted octanol–water partition coefficient (Wildman–Crippen LogP) is 5.56. The van der Waals surface area contributed by atoms with E-state index in [1.807, 2.05) is 30.4 Å². The van der Waals surface area contributed by atoms with Crippen LogP contribution in [-0.4, -0.2) is 45.1 Å². The van der Waals surface area contributed by atoms with Crippen molar-refractivity contribution in [2.75, 3.05) is 13.1 Å². The first-order valence-corrected chi connectivity index (χ1v) is 12.9. The van der Waals surface area contributed by atoms with Crippen molar-refractivity contribution >= 4 is 46.3 Å². The summed E-state index contributed by atoms with van der Waals surface area (Å²) in [5.74, 6) is 1.39. The molecule has 33 heavy (non-hydrogen) atoms. The number of thiazole rings is 1. The van der Waals surface area contributed by atoms with Gasteiger partial charge in [0, 0.05) is 46.6 Å². The van der Waals surface area contributed by atoms with Crippen LogP contribution in [0, 0.1) is 12.7 Å². The molecule has 1 saturated carbocycles. The van der Waals surface area contributed by atoms with Crippen LogP contribution in [0.15, 0.2) is 57.2 Å². The molecule has 2 fully saturated rings. The number of halogens is 2. The number of hydrogen-bond donors (Lipinski definition) is 1. The predicted molar refractivity (Wildman–Crippen MR) is 132 cm³/mol. The minimum atomic E-state index is -0.294. The lowest BCUT2D eigenvalue weighted by molar-refractivity contribution is 0.522. The Morgan fingerprint density at radius 1 is 1.33 bits per heavy atom. The molecule has 4 heterocycles. The Kier molecular flexibility index (Phi) is 6.82. The van der Waals surface area contributed by atoms with Gasteiger partial charge in [-0.05, 0) is 38.0 Å². The zero-order valence-electron chi connectivity index (χ0n) is 18.0. The average Bonchev–Trinajstić information content (AvgIpc) is 3.18. The van der Waals surface area contributed by atoms with Crippen LogP contribution in [0.2, 0.25) is 5.02 Å². The van der Waals surface area contributed by atoms with Crippen LogP contribution in [0.25, 0.3) is 5.57 Å². The molecular formula is C23H23ClFN5OS2. The molecule has 0 bridgehead atoms. The molecule has 10 heteroatoms. The minimum Gasteiger partial charge on any atom is -0.444 e. The Balaban J connectivity index is 0.000000243. The molecule has 1 N–H and O–H groups in total. The van der Waals surface area contributed by atoms with Gasteiger partial charge in [-0.15, -0.1) is 11.3 Å². The number of nitrogens with zero attached hydrogens (tertiary/aromatic N) is 4. The Morgan fingerprint density at radius 2 is 2.21 bits per heavy atom. The summed E-state index contributed by atoms with van der Waals surface area (Å²) in [6.45, 7) is 3.47. The molecule has 3 aliphatic rings. The molecule has 0 amide bonds. The minimum absolute atomic E-state index is 0.294. The van der Waals surface area contributed by atoms with Gasteiger partial charge in [0.25, 0.3) is 0 Å². The van der Waals surface area contributed by atoms with Crippen molar-refractivity contribution in [3.05, 3.63) is 75.2 Å². The highest BCUT2D eigenvalue weighted by molar-refractivity contribution is 7.98. The fourth-order valence-corrected chi connectivity index (χ4v) is 5.43. The lowest BCUT2D eigenvalue weighted by atomic mass is 10.1. The maximum absolute atomic E-state index is 12.1. The van der Waals surface area contributed by atoms with Gasteiger partial charge in [-0.2, -0.15) is 0 Å². The van der Waals surface area contributed by atoms with Crippen molar-refractivity contribution < 1.29 is 8.81 Å². The van der Waals surface area contributed by atoms with E-state index in [9.17, 15) is 4.39 Å². The first-order chi connectivity index (χ1) is 16.1. The first kappa shape index (κ1) is 22.6. The molecule has 1 unspecified atom stereocenters. The van der Waals surface area contributed by atoms with Gasteiger partial charge in [0.15, 0.2) is 10.8 Å². The summed E-state index contributed by atoms with van der Waals surface area (Å²) >= 11 is 8.94. The Bertz CT molecular complexity index is 1160. The number of fused-ring (bicyclic) bond motifs is 1. The van der Waals surface area contributed by atoms with Gasteiger partial charge in [0.2, 0.25) is 5.89 Å². The summed E-state index contributed by atoms with van der Waals surface area (Å²) in [5, 5.41) is 4.22. The van der Waals surface area contributed by atoms with Crippen LogP contribution in [-0.2, 0) is 0 Å². The second-order valence-corrected chi connectivity index (χ2v) is 10.6. The summed E-state index contributed by atoms with van der Waals surface area (Å²) in [6.07, 6.45) is 7.20. The monoisotopic (exact) mass is 503 g/mol. The molecular weight excluding hydrogens is 481 g/mol. The zero-order valence-corrected chi connectivity index (χ0v) is 20.4. The van der Waals surface area contributed by atoms with Crippen LogP contribution in [0.1, 0.15) is 35.9 Å². The summed E-state index contributed by atoms with van der Waals surface area (Å²) < 4.78 is 21.4. The maximum Gasteiger partial charge on any atom is 0.225 e. The van der Waals surface area contributed by atoms with E-state index in [4.69, 9.17) is 21.0 Å². The van der Waals surface area contributed by atoms with Gasteiger partial charge >= 0.3 is 0 Å². The van der Waals surface area contributed by atoms with Crippen LogP contribution < -0.4 is 4.72 Å². The lowest BCUT2D eigenvalue weighted by Crippen LogP contribution is -2.35. The molecule has 2 aromatic heterocycles. The second kappa shape index (κ2) is 9.97. The van der Waals surface area contributed by atoms with Crippen molar-refractivity contribution in [2.24, 2.45) is 4.99 Å². The van der Waals surface area contributed by atoms with E-state index in [1.165, 1.54) is 30.7 Å². The van der Waals surface area contributed by atoms with Crippen LogP contribution in [0.5, 0.6) is 0 Å². The molecule has 172 valence electrons. The number of rotatable bonds is 5. The Labute approximate surface area is 205 Å². The van der Waals surface area contributed by atoms with E-state index >= 15 is 0 Å². The fourth-order valence-electron chi connectivity index (χ4n) is 3.69. The van der Waals surface area contributed by atoms with E-state index in [2.05, 4.69) is 19.6 Å². The molecule has 3 aromatic rings. The molecule has 1 aromatic carbocycles. The Morgan fingerprint density at radius 3 is 2.85 bits per heavy atom. The number of nitrogens with one attached hydrogen (secondary N) is 1. The van der Waals surface area contributed by atoms with Crippen LogP contribution >= 0.6 is 34.9 Å². The van der Waals surface area contributed by atoms with Gasteiger partial charge in [-0.3, -0.25) is 9.71 Å². The molecule has 1 atom stereocenters. The number of aromatic nitrogens is 2. The number of amidine groups is 1. The average molecular weight is 504 g/mol. The topological polar surface area (TPSA) is 66.6 Å². The number of hydrogen-bond acceptors (Lipinski definition) is 8. The normalized spacial score (nSPS) is 19.8. The van der Waals surface area contributed by atoms with Gasteiger partial charge in [-0.1, -0.05) is 29.6 Å². The molecule has 1 saturated heterocycles. The quantitative estimate of drug-likeness (QED) is 0.459. The summed E-state index contributed by atoms with van der Waals surface area (Å²) in [5.41, 5.74) is 3.28. The highest BCUT2D eigenvalue weighted by Crippen LogP contribution is 2.37. The van der Waals surface area contributed by atoms with E-state index in [1.54, 1.807) is 29.7 Å². The van der Waals surface area contributed by atoms with Crippen molar-refractivity contribution in [1.29, 1.82) is 0 Å². The molecule has 1 aliphatic carbocycles. The zero-order chi connectivity index (χ0) is 22.8. The van der Waals surface area contributed by atoms with Gasteiger partial charge in [0.05, 0.1) is 17.8 Å². The van der Waals surface area contributed by atoms with Crippen molar-refractivity contribution in [3.8, 4) is 0 Å². The van der Waals surface area contributed by atoms with E-state index < -0.39 is 0 Å². The third-order valence-corrected chi connectivity index (χ3v) is 7.65. The van der Waals surface area contributed by atoms with Gasteiger partial charge in [0.1, 0.15) is 12.1 Å². The number of aliphatic imine (C=N–C) groups is 1. The number of oxazole rings is 1. The maximum atomic E-state index is 12.1. The third-order valence-electron chi connectivity index (χ3n) is 5.37. The highest BCUT2D eigenvalue weighted by Gasteiger charge is 2.37. The second-order valence-electron chi connectivity index (χ2n) is 8.08. The van der Waals surface area contributed by atoms with E-state index in [0.717, 1.165) is 40.3 Å². The first-order valence-electron chi connectivity index (χ1n) is 10.8. The van der Waals surface area contributed by atoms with E-state index in [-0.39, 0.29) is 5.82 Å². The SMILES string of the molecule is Cc1coc(C2=C3CC(NSC4CC4)CN3C(c3nccs3)=NC2)n1.Fc1cccc(Cl)c1. The fraction of sp³-hybridized carbons (Fsp3) is 0.348. The summed E-state index contributed by atoms with van der Waals surface area (Å²) in [6, 6.07) is 6.23. The molecule has 0 spiro atoms. The largest absolute Gasteiger partial charge is 0.444 e. The molecule has 2 aliphatic heterocycles. The number of aryl methyl sites for hydroxylation is 1. The van der Waals surface area contributed by atoms with E-state index in [0.29, 0.717) is 23.5 Å². The summed E-state index contributed by atoms with van der Waals surface area (Å²) in [7, 11) is 0. The standard InChI is InChI=1S/C17H19N5OS2.C6H4ClF/c1-10-9-23-16(20-10)13-7-19-15(17-18-4-5-24-17)22-8-11(6-14(13)22)21-25-12-2-3-12;7-5-2-1-3-6(8)4-5/h4-5,9,11-12,21H,2-3,6-8H2,1H3;1-4H. The Hall–Kier alpha value is -2.20. The molecule has 0 radical (unpaired) electrons. The summed E-state index contributed by atoms with van der Waals surface area (Å²) in [4.78, 5) is 16.1. The van der Waals surface area contributed by atoms with Crippen LogP contribution in [0.3, 0.4) is 0 Å². The van der Waals surface area contributed by atoms with Gasteiger partial charge in [-0.25, -0.2) is 14.4 Å². The smallest absolute Gasteiger partial charge is 0.225 e. The molecule has 6 nitrogen and oxygen atoms in total. The van der Waals surface area contributed by atoms with Crippen molar-refractivity contribution in [2.45, 2.75) is 37.5 Å².